The fourth-order valence-electron chi connectivity index (χ4n) is 1.13. The predicted octanol–water partition coefficient (Wildman–Crippen LogP) is 3.04. The number of allylic oxidation sites excluding steroid dienone is 2. The smallest absolute Gasteiger partial charge is 0.0991 e. The zero-order valence-corrected chi connectivity index (χ0v) is 8.49. The summed E-state index contributed by atoms with van der Waals surface area (Å²) in [6.45, 7) is 10.3. The van der Waals surface area contributed by atoms with Gasteiger partial charge in [0.15, 0.2) is 0 Å². The Hall–Kier alpha value is -1.31. The highest BCUT2D eigenvalue weighted by Gasteiger charge is 2.07. The third-order valence-electron chi connectivity index (χ3n) is 2.00. The summed E-state index contributed by atoms with van der Waals surface area (Å²) in [4.78, 5) is 4.10. The minimum Gasteiger partial charge on any atom is -0.306 e. The molecule has 1 heterocycles. The van der Waals surface area contributed by atoms with Crippen molar-refractivity contribution in [3.8, 4) is 0 Å². The Morgan fingerprint density at radius 3 is 2.85 bits per heavy atom. The molecule has 0 radical (unpaired) electrons. The molecule has 0 saturated heterocycles. The van der Waals surface area contributed by atoms with E-state index >= 15 is 0 Å². The van der Waals surface area contributed by atoms with Crippen molar-refractivity contribution in [3.05, 3.63) is 30.9 Å². The highest BCUT2D eigenvalue weighted by molar-refractivity contribution is 5.63. The fourth-order valence-corrected chi connectivity index (χ4v) is 1.13. The van der Waals surface area contributed by atoms with Gasteiger partial charge in [-0.05, 0) is 18.4 Å². The summed E-state index contributed by atoms with van der Waals surface area (Å²) in [6, 6.07) is 0. The molecule has 0 bridgehead atoms. The maximum Gasteiger partial charge on any atom is 0.0991 e. The standard InChI is InChI=1S/C11H16N2/c1-5-6-13-8-12-7-11(13)10(4)9(2)3/h5-9H,4H2,1-3H3/b6-5-. The van der Waals surface area contributed by atoms with Gasteiger partial charge in [0, 0.05) is 6.20 Å². The molecule has 0 spiro atoms. The van der Waals surface area contributed by atoms with Crippen LogP contribution in [-0.2, 0) is 0 Å². The highest BCUT2D eigenvalue weighted by atomic mass is 15.0. The van der Waals surface area contributed by atoms with Crippen molar-refractivity contribution < 1.29 is 0 Å². The summed E-state index contributed by atoms with van der Waals surface area (Å²) in [5.41, 5.74) is 2.21. The van der Waals surface area contributed by atoms with Gasteiger partial charge in [-0.3, -0.25) is 0 Å². The van der Waals surface area contributed by atoms with Crippen LogP contribution in [0.25, 0.3) is 11.8 Å². The zero-order valence-electron chi connectivity index (χ0n) is 8.49. The van der Waals surface area contributed by atoms with E-state index in [9.17, 15) is 0 Å². The second kappa shape index (κ2) is 4.08. The minimum atomic E-state index is 0.459. The van der Waals surface area contributed by atoms with Crippen LogP contribution in [0.4, 0.5) is 0 Å². The van der Waals surface area contributed by atoms with Crippen LogP contribution in [-0.4, -0.2) is 9.55 Å². The second-order valence-corrected chi connectivity index (χ2v) is 3.35. The Bertz CT molecular complexity index is 319. The lowest BCUT2D eigenvalue weighted by Crippen LogP contribution is -1.97. The van der Waals surface area contributed by atoms with Crippen molar-refractivity contribution in [2.24, 2.45) is 5.92 Å². The molecule has 70 valence electrons. The van der Waals surface area contributed by atoms with Crippen LogP contribution in [0.2, 0.25) is 0 Å². The molecule has 0 N–H and O–H groups in total. The molecule has 0 aliphatic rings. The number of hydrogen-bond acceptors (Lipinski definition) is 1. The second-order valence-electron chi connectivity index (χ2n) is 3.35. The number of rotatable bonds is 3. The summed E-state index contributed by atoms with van der Waals surface area (Å²) in [6.07, 6.45) is 7.61. The van der Waals surface area contributed by atoms with E-state index in [1.54, 1.807) is 6.33 Å². The molecule has 0 saturated carbocycles. The monoisotopic (exact) mass is 176 g/mol. The topological polar surface area (TPSA) is 17.8 Å². The lowest BCUT2D eigenvalue weighted by Gasteiger charge is -2.09. The Balaban J connectivity index is 3.00. The number of nitrogens with zero attached hydrogens (tertiary/aromatic N) is 2. The van der Waals surface area contributed by atoms with Crippen LogP contribution < -0.4 is 0 Å². The first-order valence-corrected chi connectivity index (χ1v) is 4.50. The third-order valence-corrected chi connectivity index (χ3v) is 2.00. The normalized spacial score (nSPS) is 11.4. The fraction of sp³-hybridized carbons (Fsp3) is 0.364. The Kier molecular flexibility index (Phi) is 3.07. The van der Waals surface area contributed by atoms with E-state index in [0.29, 0.717) is 5.92 Å². The van der Waals surface area contributed by atoms with Gasteiger partial charge >= 0.3 is 0 Å². The van der Waals surface area contributed by atoms with Crippen LogP contribution in [0.5, 0.6) is 0 Å². The molecule has 0 amide bonds. The summed E-state index contributed by atoms with van der Waals surface area (Å²) in [5, 5.41) is 0. The Morgan fingerprint density at radius 2 is 2.31 bits per heavy atom. The first kappa shape index (κ1) is 9.78. The van der Waals surface area contributed by atoms with Crippen molar-refractivity contribution >= 4 is 11.8 Å². The van der Waals surface area contributed by atoms with Gasteiger partial charge in [-0.15, -0.1) is 0 Å². The average molecular weight is 176 g/mol. The third kappa shape index (κ3) is 2.08. The number of hydrogen-bond donors (Lipinski definition) is 0. The lowest BCUT2D eigenvalue weighted by atomic mass is 10.0. The molecule has 13 heavy (non-hydrogen) atoms. The van der Waals surface area contributed by atoms with Gasteiger partial charge in [-0.25, -0.2) is 4.98 Å². The molecular weight excluding hydrogens is 160 g/mol. The highest BCUT2D eigenvalue weighted by Crippen LogP contribution is 2.20. The van der Waals surface area contributed by atoms with Crippen LogP contribution in [0, 0.1) is 5.92 Å². The van der Waals surface area contributed by atoms with Crippen LogP contribution in [0.15, 0.2) is 25.2 Å². The lowest BCUT2D eigenvalue weighted by molar-refractivity contribution is 0.846. The van der Waals surface area contributed by atoms with Crippen molar-refractivity contribution in [1.29, 1.82) is 0 Å². The van der Waals surface area contributed by atoms with Gasteiger partial charge in [-0.1, -0.05) is 26.5 Å². The van der Waals surface area contributed by atoms with E-state index in [1.807, 2.05) is 30.0 Å². The van der Waals surface area contributed by atoms with Crippen molar-refractivity contribution in [1.82, 2.24) is 9.55 Å². The summed E-state index contributed by atoms with van der Waals surface area (Å²) < 4.78 is 1.99. The van der Waals surface area contributed by atoms with Crippen LogP contribution in [0.1, 0.15) is 26.5 Å². The molecule has 0 atom stereocenters. The minimum absolute atomic E-state index is 0.459. The maximum absolute atomic E-state index is 4.10. The van der Waals surface area contributed by atoms with Gasteiger partial charge < -0.3 is 4.57 Å². The van der Waals surface area contributed by atoms with E-state index in [-0.39, 0.29) is 0 Å². The quantitative estimate of drug-likeness (QED) is 0.692. The van der Waals surface area contributed by atoms with Crippen molar-refractivity contribution in [3.63, 3.8) is 0 Å². The zero-order chi connectivity index (χ0) is 9.84. The summed E-state index contributed by atoms with van der Waals surface area (Å²) in [5.74, 6) is 0.459. The van der Waals surface area contributed by atoms with Gasteiger partial charge in [-0.2, -0.15) is 0 Å². The maximum atomic E-state index is 4.10. The van der Waals surface area contributed by atoms with Gasteiger partial charge in [0.1, 0.15) is 0 Å². The summed E-state index contributed by atoms with van der Waals surface area (Å²) in [7, 11) is 0. The average Bonchev–Trinajstić information content (AvgIpc) is 2.52. The molecule has 0 fully saturated rings. The van der Waals surface area contributed by atoms with Gasteiger partial charge in [0.05, 0.1) is 18.2 Å². The first-order valence-electron chi connectivity index (χ1n) is 4.50. The molecule has 2 nitrogen and oxygen atoms in total. The Morgan fingerprint density at radius 1 is 1.62 bits per heavy atom. The molecule has 0 unspecified atom stereocenters. The van der Waals surface area contributed by atoms with Crippen LogP contribution >= 0.6 is 0 Å². The molecule has 0 aliphatic heterocycles. The Labute approximate surface area is 79.6 Å². The SMILES string of the molecule is C=C(c1cncn1/C=C\C)C(C)C. The van der Waals surface area contributed by atoms with Gasteiger partial charge in [0.25, 0.3) is 0 Å². The number of aromatic nitrogens is 2. The largest absolute Gasteiger partial charge is 0.306 e. The predicted molar refractivity (Wildman–Crippen MR) is 57.1 cm³/mol. The molecule has 1 aromatic rings. The van der Waals surface area contributed by atoms with E-state index in [1.165, 1.54) is 0 Å². The van der Waals surface area contributed by atoms with E-state index in [2.05, 4.69) is 25.4 Å². The molecule has 2 heteroatoms. The van der Waals surface area contributed by atoms with Crippen LogP contribution in [0.3, 0.4) is 0 Å². The molecule has 0 aliphatic carbocycles. The molecule has 1 rings (SSSR count). The first-order chi connectivity index (χ1) is 6.16. The van der Waals surface area contributed by atoms with E-state index in [4.69, 9.17) is 0 Å². The van der Waals surface area contributed by atoms with Gasteiger partial charge in [0.2, 0.25) is 0 Å². The molecule has 0 aromatic carbocycles. The summed E-state index contributed by atoms with van der Waals surface area (Å²) >= 11 is 0. The number of imidazole rings is 1. The van der Waals surface area contributed by atoms with E-state index < -0.39 is 0 Å². The molecular formula is C11H16N2. The van der Waals surface area contributed by atoms with Crippen molar-refractivity contribution in [2.75, 3.05) is 0 Å². The van der Waals surface area contributed by atoms with E-state index in [0.717, 1.165) is 11.3 Å². The van der Waals surface area contributed by atoms with Crippen molar-refractivity contribution in [2.45, 2.75) is 20.8 Å². The molecule has 1 aromatic heterocycles.